The molecular weight excluding hydrogens is 263 g/mol. The summed E-state index contributed by atoms with van der Waals surface area (Å²) in [4.78, 5) is 1.92. The lowest BCUT2D eigenvalue weighted by Crippen LogP contribution is -2.18. The summed E-state index contributed by atoms with van der Waals surface area (Å²) in [7, 11) is 1.91. The molecule has 0 heterocycles. The van der Waals surface area contributed by atoms with Crippen molar-refractivity contribution in [1.29, 1.82) is 0 Å². The first-order valence-corrected chi connectivity index (χ1v) is 7.48. The van der Waals surface area contributed by atoms with Crippen LogP contribution < -0.4 is 10.2 Å². The van der Waals surface area contributed by atoms with Gasteiger partial charge in [-0.05, 0) is 42.3 Å². The number of nitrogens with one attached hydrogen (secondary N) is 1. The van der Waals surface area contributed by atoms with E-state index in [1.165, 1.54) is 11.6 Å². The highest BCUT2D eigenvalue weighted by Gasteiger charge is 2.14. The molecule has 0 spiro atoms. The molecule has 2 aromatic rings. The topological polar surface area (TPSA) is 15.3 Å². The molecule has 21 heavy (non-hydrogen) atoms. The van der Waals surface area contributed by atoms with Gasteiger partial charge < -0.3 is 10.2 Å². The Morgan fingerprint density at radius 3 is 2.38 bits per heavy atom. The minimum Gasteiger partial charge on any atom is -0.342 e. The van der Waals surface area contributed by atoms with Gasteiger partial charge in [0, 0.05) is 19.3 Å². The standard InChI is InChI=1S/C18H23FN2/c1-4-14-9-11-16(12-10-14)21(3)18-15(13-20-5-2)7-6-8-17(18)19/h6-12,20H,4-5,13H2,1-3H3. The van der Waals surface area contributed by atoms with Crippen molar-refractivity contribution in [2.75, 3.05) is 18.5 Å². The van der Waals surface area contributed by atoms with Crippen LogP contribution in [0, 0.1) is 5.82 Å². The lowest BCUT2D eigenvalue weighted by Gasteiger charge is -2.23. The summed E-state index contributed by atoms with van der Waals surface area (Å²) in [6.45, 7) is 5.71. The Balaban J connectivity index is 2.34. The van der Waals surface area contributed by atoms with Gasteiger partial charge in [-0.1, -0.05) is 38.1 Å². The molecule has 0 saturated carbocycles. The number of hydrogen-bond acceptors (Lipinski definition) is 2. The summed E-state index contributed by atoms with van der Waals surface area (Å²) in [5, 5.41) is 3.26. The fourth-order valence-corrected chi connectivity index (χ4v) is 2.42. The average molecular weight is 286 g/mol. The van der Waals surface area contributed by atoms with E-state index in [4.69, 9.17) is 0 Å². The highest BCUT2D eigenvalue weighted by molar-refractivity contribution is 5.66. The minimum atomic E-state index is -0.188. The Morgan fingerprint density at radius 2 is 1.76 bits per heavy atom. The SMILES string of the molecule is CCNCc1cccc(F)c1N(C)c1ccc(CC)cc1. The Kier molecular flexibility index (Phi) is 5.34. The zero-order valence-corrected chi connectivity index (χ0v) is 13.0. The lowest BCUT2D eigenvalue weighted by molar-refractivity contribution is 0.622. The van der Waals surface area contributed by atoms with E-state index in [2.05, 4.69) is 24.4 Å². The smallest absolute Gasteiger partial charge is 0.147 e. The Labute approximate surface area is 126 Å². The maximum absolute atomic E-state index is 14.3. The van der Waals surface area contributed by atoms with Crippen molar-refractivity contribution in [3.8, 4) is 0 Å². The van der Waals surface area contributed by atoms with Gasteiger partial charge >= 0.3 is 0 Å². The van der Waals surface area contributed by atoms with Gasteiger partial charge in [0.05, 0.1) is 5.69 Å². The first kappa shape index (κ1) is 15.5. The monoisotopic (exact) mass is 286 g/mol. The van der Waals surface area contributed by atoms with E-state index in [1.54, 1.807) is 6.07 Å². The maximum atomic E-state index is 14.3. The average Bonchev–Trinajstić information content (AvgIpc) is 2.52. The summed E-state index contributed by atoms with van der Waals surface area (Å²) in [6.07, 6.45) is 1.01. The normalized spacial score (nSPS) is 10.7. The maximum Gasteiger partial charge on any atom is 0.147 e. The van der Waals surface area contributed by atoms with Crippen molar-refractivity contribution in [2.24, 2.45) is 0 Å². The van der Waals surface area contributed by atoms with Crippen molar-refractivity contribution in [3.63, 3.8) is 0 Å². The molecule has 0 aliphatic heterocycles. The third-order valence-electron chi connectivity index (χ3n) is 3.70. The van der Waals surface area contributed by atoms with Gasteiger partial charge in [0.25, 0.3) is 0 Å². The predicted octanol–water partition coefficient (Wildman–Crippen LogP) is 4.27. The van der Waals surface area contributed by atoms with Crippen LogP contribution in [0.25, 0.3) is 0 Å². The van der Waals surface area contributed by atoms with Gasteiger partial charge in [0.1, 0.15) is 5.82 Å². The van der Waals surface area contributed by atoms with Crippen molar-refractivity contribution >= 4 is 11.4 Å². The molecule has 0 atom stereocenters. The van der Waals surface area contributed by atoms with E-state index in [0.717, 1.165) is 24.2 Å². The van der Waals surface area contributed by atoms with E-state index >= 15 is 0 Å². The molecule has 0 aliphatic carbocycles. The second-order valence-corrected chi connectivity index (χ2v) is 5.11. The van der Waals surface area contributed by atoms with Gasteiger partial charge in [-0.2, -0.15) is 0 Å². The van der Waals surface area contributed by atoms with Crippen molar-refractivity contribution in [2.45, 2.75) is 26.8 Å². The second kappa shape index (κ2) is 7.23. The van der Waals surface area contributed by atoms with Crippen molar-refractivity contribution < 1.29 is 4.39 Å². The number of nitrogens with zero attached hydrogens (tertiary/aromatic N) is 1. The van der Waals surface area contributed by atoms with Gasteiger partial charge in [0.15, 0.2) is 0 Å². The molecule has 2 aromatic carbocycles. The Bertz CT molecular complexity index is 578. The van der Waals surface area contributed by atoms with Gasteiger partial charge in [-0.25, -0.2) is 4.39 Å². The highest BCUT2D eigenvalue weighted by atomic mass is 19.1. The van der Waals surface area contributed by atoms with Crippen LogP contribution in [0.3, 0.4) is 0 Å². The molecular formula is C18H23FN2. The number of halogens is 1. The third kappa shape index (κ3) is 3.61. The summed E-state index contributed by atoms with van der Waals surface area (Å²) >= 11 is 0. The highest BCUT2D eigenvalue weighted by Crippen LogP contribution is 2.30. The van der Waals surface area contributed by atoms with E-state index in [9.17, 15) is 4.39 Å². The van der Waals surface area contributed by atoms with Crippen molar-refractivity contribution in [3.05, 3.63) is 59.4 Å². The molecule has 0 aliphatic rings. The summed E-state index contributed by atoms with van der Waals surface area (Å²) < 4.78 is 14.3. The fraction of sp³-hybridized carbons (Fsp3) is 0.333. The van der Waals surface area contributed by atoms with E-state index in [-0.39, 0.29) is 5.82 Å². The molecule has 0 radical (unpaired) electrons. The minimum absolute atomic E-state index is 0.188. The van der Waals surface area contributed by atoms with Crippen LogP contribution in [0.5, 0.6) is 0 Å². The quantitative estimate of drug-likeness (QED) is 0.853. The van der Waals surface area contributed by atoms with E-state index in [1.807, 2.05) is 37.1 Å². The van der Waals surface area contributed by atoms with E-state index < -0.39 is 0 Å². The molecule has 2 nitrogen and oxygen atoms in total. The molecule has 0 bridgehead atoms. The first-order valence-electron chi connectivity index (χ1n) is 7.48. The molecule has 0 amide bonds. The molecule has 0 fully saturated rings. The number of benzene rings is 2. The Morgan fingerprint density at radius 1 is 1.05 bits per heavy atom. The van der Waals surface area contributed by atoms with Crippen LogP contribution in [-0.4, -0.2) is 13.6 Å². The summed E-state index contributed by atoms with van der Waals surface area (Å²) in [6, 6.07) is 13.5. The number of anilines is 2. The zero-order valence-electron chi connectivity index (χ0n) is 13.0. The van der Waals surface area contributed by atoms with Crippen LogP contribution in [0.2, 0.25) is 0 Å². The zero-order chi connectivity index (χ0) is 15.2. The van der Waals surface area contributed by atoms with Gasteiger partial charge in [-0.3, -0.25) is 0 Å². The molecule has 112 valence electrons. The molecule has 2 rings (SSSR count). The number of para-hydroxylation sites is 1. The van der Waals surface area contributed by atoms with Gasteiger partial charge in [-0.15, -0.1) is 0 Å². The summed E-state index contributed by atoms with van der Waals surface area (Å²) in [5.74, 6) is -0.188. The molecule has 3 heteroatoms. The third-order valence-corrected chi connectivity index (χ3v) is 3.70. The predicted molar refractivity (Wildman–Crippen MR) is 87.7 cm³/mol. The largest absolute Gasteiger partial charge is 0.342 e. The molecule has 0 aromatic heterocycles. The van der Waals surface area contributed by atoms with Crippen LogP contribution in [0.1, 0.15) is 25.0 Å². The molecule has 0 unspecified atom stereocenters. The van der Waals surface area contributed by atoms with Gasteiger partial charge in [0.2, 0.25) is 0 Å². The molecule has 0 saturated heterocycles. The van der Waals surface area contributed by atoms with Crippen molar-refractivity contribution in [1.82, 2.24) is 5.32 Å². The first-order chi connectivity index (χ1) is 10.2. The van der Waals surface area contributed by atoms with Crippen LogP contribution in [0.15, 0.2) is 42.5 Å². The van der Waals surface area contributed by atoms with E-state index in [0.29, 0.717) is 12.2 Å². The van der Waals surface area contributed by atoms with Crippen LogP contribution >= 0.6 is 0 Å². The Hall–Kier alpha value is -1.87. The number of aryl methyl sites for hydroxylation is 1. The summed E-state index contributed by atoms with van der Waals surface area (Å²) in [5.41, 5.74) is 3.89. The number of hydrogen-bond donors (Lipinski definition) is 1. The second-order valence-electron chi connectivity index (χ2n) is 5.11. The molecule has 1 N–H and O–H groups in total. The number of rotatable bonds is 6. The van der Waals surface area contributed by atoms with Crippen LogP contribution in [-0.2, 0) is 13.0 Å². The fourth-order valence-electron chi connectivity index (χ4n) is 2.42. The van der Waals surface area contributed by atoms with Crippen LogP contribution in [0.4, 0.5) is 15.8 Å². The lowest BCUT2D eigenvalue weighted by atomic mass is 10.1.